The molecule has 2 aromatic carbocycles. The molecule has 2 aliphatic rings. The van der Waals surface area contributed by atoms with Gasteiger partial charge in [-0.15, -0.1) is 0 Å². The molecule has 1 saturated carbocycles. The van der Waals surface area contributed by atoms with Crippen molar-refractivity contribution in [1.82, 2.24) is 14.9 Å². The number of nitrogens with zero attached hydrogens (tertiary/aromatic N) is 3. The molecule has 5 rings (SSSR count). The van der Waals surface area contributed by atoms with Gasteiger partial charge in [0.2, 0.25) is 0 Å². The first-order valence-corrected chi connectivity index (χ1v) is 12.7. The molecule has 1 aromatic heterocycles. The third-order valence-corrected chi connectivity index (χ3v) is 7.55. The van der Waals surface area contributed by atoms with E-state index in [0.717, 1.165) is 4.90 Å². The molecule has 1 unspecified atom stereocenters. The van der Waals surface area contributed by atoms with Gasteiger partial charge in [-0.1, -0.05) is 23.2 Å². The summed E-state index contributed by atoms with van der Waals surface area (Å²) in [4.78, 5) is 21.1. The molecule has 1 aliphatic carbocycles. The average Bonchev–Trinajstić information content (AvgIpc) is 2.91. The minimum absolute atomic E-state index is 0.0373. The summed E-state index contributed by atoms with van der Waals surface area (Å²) in [6.45, 7) is 0.390. The zero-order valence-electron chi connectivity index (χ0n) is 20.4. The topological polar surface area (TPSA) is 85.8 Å². The first-order chi connectivity index (χ1) is 18.6. The second-order valence-corrected chi connectivity index (χ2v) is 10.1. The van der Waals surface area contributed by atoms with Crippen LogP contribution >= 0.6 is 23.2 Å². The molecule has 1 saturated heterocycles. The summed E-state index contributed by atoms with van der Waals surface area (Å²) in [7, 11) is 1.53. The summed E-state index contributed by atoms with van der Waals surface area (Å²) in [5.41, 5.74) is 0.499. The molecule has 0 radical (unpaired) electrons. The molecule has 1 amide bonds. The molecule has 3 aromatic rings. The first kappa shape index (κ1) is 27.5. The maximum Gasteiger partial charge on any atom is 0.471 e. The number of hydrogen-bond acceptors (Lipinski definition) is 7. The summed E-state index contributed by atoms with van der Waals surface area (Å²) in [5.74, 6) is -2.24. The van der Waals surface area contributed by atoms with Crippen LogP contribution in [0.25, 0.3) is 10.9 Å². The van der Waals surface area contributed by atoms with Gasteiger partial charge in [0.15, 0.2) is 17.3 Å². The molecule has 2 fully saturated rings. The van der Waals surface area contributed by atoms with Gasteiger partial charge in [-0.3, -0.25) is 4.79 Å². The van der Waals surface area contributed by atoms with Crippen LogP contribution in [0.15, 0.2) is 30.6 Å². The maximum atomic E-state index is 14.7. The van der Waals surface area contributed by atoms with Crippen molar-refractivity contribution in [3.05, 3.63) is 46.5 Å². The molecule has 208 valence electrons. The Morgan fingerprint density at radius 2 is 1.87 bits per heavy atom. The largest absolute Gasteiger partial charge is 0.487 e. The summed E-state index contributed by atoms with van der Waals surface area (Å²) in [6, 6.07) is 6.12. The number of nitrogens with one attached hydrogen (secondary N) is 1. The summed E-state index contributed by atoms with van der Waals surface area (Å²) < 4.78 is 70.7. The van der Waals surface area contributed by atoms with Gasteiger partial charge in [0.1, 0.15) is 24.9 Å². The predicted molar refractivity (Wildman–Crippen MR) is 135 cm³/mol. The van der Waals surface area contributed by atoms with Crippen molar-refractivity contribution in [2.75, 3.05) is 38.7 Å². The van der Waals surface area contributed by atoms with Crippen LogP contribution in [0.5, 0.6) is 11.5 Å². The Morgan fingerprint density at radius 1 is 1.13 bits per heavy atom. The fraction of sp³-hybridized carbons (Fsp3) is 0.400. The number of fused-ring (bicyclic) bond motifs is 3. The van der Waals surface area contributed by atoms with E-state index in [1.807, 2.05) is 0 Å². The number of alkyl halides is 3. The van der Waals surface area contributed by atoms with Crippen LogP contribution in [0.1, 0.15) is 6.42 Å². The molecular weight excluding hydrogens is 567 g/mol. The number of carbonyl (C=O) groups excluding carboxylic acids is 1. The molecule has 2 heterocycles. The van der Waals surface area contributed by atoms with E-state index in [9.17, 15) is 22.4 Å². The minimum atomic E-state index is -4.92. The number of amides is 1. The van der Waals surface area contributed by atoms with E-state index in [-0.39, 0.29) is 53.1 Å². The van der Waals surface area contributed by atoms with Crippen molar-refractivity contribution in [3.63, 3.8) is 0 Å². The highest BCUT2D eigenvalue weighted by atomic mass is 35.5. The number of halogens is 6. The normalized spacial score (nSPS) is 20.5. The zero-order valence-corrected chi connectivity index (χ0v) is 21.9. The van der Waals surface area contributed by atoms with Crippen molar-refractivity contribution in [1.29, 1.82) is 0 Å². The second-order valence-electron chi connectivity index (χ2n) is 9.27. The average molecular weight is 589 g/mol. The molecule has 39 heavy (non-hydrogen) atoms. The number of ether oxygens (including phenoxy) is 3. The van der Waals surface area contributed by atoms with E-state index < -0.39 is 24.0 Å². The molecule has 1 aliphatic heterocycles. The van der Waals surface area contributed by atoms with Gasteiger partial charge in [0.25, 0.3) is 0 Å². The molecule has 8 nitrogen and oxygen atoms in total. The monoisotopic (exact) mass is 588 g/mol. The lowest BCUT2D eigenvalue weighted by Gasteiger charge is -2.52. The van der Waals surface area contributed by atoms with E-state index in [2.05, 4.69) is 15.3 Å². The molecule has 0 spiro atoms. The van der Waals surface area contributed by atoms with Crippen LogP contribution in [-0.4, -0.2) is 66.5 Å². The SMILES string of the molecule is COCCOc1cc2ncnc(Nc3ccc(Cl)c(Cl)c3F)c2cc1OC1[C@@H]2C[C@H]1CN(C(=O)C(F)(F)F)C2. The molecule has 3 atom stereocenters. The van der Waals surface area contributed by atoms with Gasteiger partial charge in [-0.25, -0.2) is 14.4 Å². The number of benzene rings is 2. The third-order valence-electron chi connectivity index (χ3n) is 6.77. The third kappa shape index (κ3) is 5.50. The van der Waals surface area contributed by atoms with Crippen LogP contribution in [-0.2, 0) is 9.53 Å². The lowest BCUT2D eigenvalue weighted by Crippen LogP contribution is -2.63. The maximum absolute atomic E-state index is 14.7. The number of rotatable bonds is 8. The Labute approximate surface area is 230 Å². The van der Waals surface area contributed by atoms with Gasteiger partial charge >= 0.3 is 12.1 Å². The number of methoxy groups -OCH3 is 1. The Balaban J connectivity index is 1.44. The second kappa shape index (κ2) is 10.8. The quantitative estimate of drug-likeness (QED) is 0.207. The standard InChI is InChI=1S/C25H22Cl2F4N4O4/c1-37-4-5-38-18-8-17-14(23(33-11-32-17)34-16-3-2-15(26)20(27)21(16)28)7-19(18)39-22-12-6-13(22)10-35(9-12)24(36)25(29,30)31/h2-3,7-8,11-13,22H,4-6,9-10H2,1H3,(H,32,33,34)/t12-,13+,22?. The highest BCUT2D eigenvalue weighted by Gasteiger charge is 2.53. The number of hydrogen-bond donors (Lipinski definition) is 1. The summed E-state index contributed by atoms with van der Waals surface area (Å²) in [5, 5.41) is 3.18. The highest BCUT2D eigenvalue weighted by Crippen LogP contribution is 2.46. The molecule has 14 heteroatoms. The van der Waals surface area contributed by atoms with Gasteiger partial charge in [0.05, 0.1) is 27.9 Å². The highest BCUT2D eigenvalue weighted by molar-refractivity contribution is 6.42. The minimum Gasteiger partial charge on any atom is -0.487 e. The Kier molecular flexibility index (Phi) is 7.62. The Bertz CT molecular complexity index is 1400. The van der Waals surface area contributed by atoms with E-state index in [1.165, 1.54) is 25.6 Å². The van der Waals surface area contributed by atoms with Crippen LogP contribution in [0.2, 0.25) is 10.0 Å². The van der Waals surface area contributed by atoms with E-state index in [4.69, 9.17) is 37.4 Å². The van der Waals surface area contributed by atoms with Crippen LogP contribution in [0.4, 0.5) is 29.1 Å². The summed E-state index contributed by atoms with van der Waals surface area (Å²) in [6.07, 6.45) is -3.40. The number of likely N-dealkylation sites (tertiary alicyclic amines) is 1. The van der Waals surface area contributed by atoms with Gasteiger partial charge in [-0.05, 0) is 24.6 Å². The number of carbonyl (C=O) groups is 1. The van der Waals surface area contributed by atoms with Crippen molar-refractivity contribution < 1.29 is 36.6 Å². The van der Waals surface area contributed by atoms with Gasteiger partial charge < -0.3 is 24.4 Å². The predicted octanol–water partition coefficient (Wildman–Crippen LogP) is 5.63. The van der Waals surface area contributed by atoms with Crippen molar-refractivity contribution in [2.24, 2.45) is 11.8 Å². The van der Waals surface area contributed by atoms with Crippen LogP contribution in [0, 0.1) is 17.7 Å². The van der Waals surface area contributed by atoms with Gasteiger partial charge in [-0.2, -0.15) is 13.2 Å². The first-order valence-electron chi connectivity index (χ1n) is 11.9. The number of aromatic nitrogens is 2. The molecular formula is C25H22Cl2F4N4O4. The van der Waals surface area contributed by atoms with E-state index >= 15 is 0 Å². The fourth-order valence-corrected chi connectivity index (χ4v) is 5.19. The smallest absolute Gasteiger partial charge is 0.471 e. The Hall–Kier alpha value is -3.09. The zero-order chi connectivity index (χ0) is 27.9. The molecule has 2 bridgehead atoms. The van der Waals surface area contributed by atoms with Crippen LogP contribution in [0.3, 0.4) is 0 Å². The lowest BCUT2D eigenvalue weighted by molar-refractivity contribution is -0.196. The van der Waals surface area contributed by atoms with E-state index in [1.54, 1.807) is 12.1 Å². The van der Waals surface area contributed by atoms with Gasteiger partial charge in [0, 0.05) is 43.5 Å². The number of piperidine rings is 2. The van der Waals surface area contributed by atoms with Crippen LogP contribution < -0.4 is 14.8 Å². The lowest BCUT2D eigenvalue weighted by atomic mass is 9.68. The summed E-state index contributed by atoms with van der Waals surface area (Å²) >= 11 is 11.8. The Morgan fingerprint density at radius 3 is 2.56 bits per heavy atom. The van der Waals surface area contributed by atoms with E-state index in [0.29, 0.717) is 35.4 Å². The molecule has 1 N–H and O–H groups in total. The van der Waals surface area contributed by atoms with Crippen molar-refractivity contribution in [2.45, 2.75) is 18.7 Å². The fourth-order valence-electron chi connectivity index (χ4n) is 4.88. The number of anilines is 2. The van der Waals surface area contributed by atoms with Crippen molar-refractivity contribution in [3.8, 4) is 11.5 Å². The van der Waals surface area contributed by atoms with Crippen molar-refractivity contribution >= 4 is 51.5 Å².